The molecule has 2 N–H and O–H groups in total. The van der Waals surface area contributed by atoms with Crippen molar-refractivity contribution in [2.45, 2.75) is 13.3 Å². The molecule has 1 aromatic carbocycles. The van der Waals surface area contributed by atoms with Crippen molar-refractivity contribution in [3.63, 3.8) is 0 Å². The monoisotopic (exact) mass is 344 g/mol. The van der Waals surface area contributed by atoms with Gasteiger partial charge in [0.25, 0.3) is 0 Å². The summed E-state index contributed by atoms with van der Waals surface area (Å²) >= 11 is 1.59. The number of benzene rings is 1. The molecule has 3 rings (SSSR count). The van der Waals surface area contributed by atoms with Crippen molar-refractivity contribution < 1.29 is 4.79 Å². The van der Waals surface area contributed by atoms with Gasteiger partial charge in [-0.1, -0.05) is 29.8 Å². The first-order valence-corrected chi connectivity index (χ1v) is 9.30. The maximum atomic E-state index is 12.1. The summed E-state index contributed by atoms with van der Waals surface area (Å²) in [6, 6.07) is 8.31. The van der Waals surface area contributed by atoms with Gasteiger partial charge >= 0.3 is 0 Å². The third kappa shape index (κ3) is 4.87. The zero-order valence-corrected chi connectivity index (χ0v) is 14.9. The Morgan fingerprint density at radius 3 is 2.79 bits per heavy atom. The molecule has 6 heteroatoms. The predicted octanol–water partition coefficient (Wildman–Crippen LogP) is 1.68. The highest BCUT2D eigenvalue weighted by molar-refractivity contribution is 7.13. The van der Waals surface area contributed by atoms with E-state index in [1.807, 2.05) is 5.38 Å². The number of nitrogens with one attached hydrogen (secondary N) is 2. The first-order valence-electron chi connectivity index (χ1n) is 8.42. The summed E-state index contributed by atoms with van der Waals surface area (Å²) in [5.74, 6) is 0.0471. The van der Waals surface area contributed by atoms with Gasteiger partial charge in [0.15, 0.2) is 0 Å². The van der Waals surface area contributed by atoms with E-state index in [4.69, 9.17) is 0 Å². The van der Waals surface area contributed by atoms with Gasteiger partial charge in [0.1, 0.15) is 5.01 Å². The molecule has 1 aliphatic heterocycles. The maximum Gasteiger partial charge on any atom is 0.226 e. The lowest BCUT2D eigenvalue weighted by atomic mass is 10.2. The molecule has 0 saturated carbocycles. The fourth-order valence-electron chi connectivity index (χ4n) is 2.73. The van der Waals surface area contributed by atoms with Crippen molar-refractivity contribution in [1.82, 2.24) is 20.5 Å². The van der Waals surface area contributed by atoms with Crippen LogP contribution in [0.3, 0.4) is 0 Å². The number of piperazine rings is 1. The van der Waals surface area contributed by atoms with E-state index in [0.29, 0.717) is 13.0 Å². The van der Waals surface area contributed by atoms with E-state index in [9.17, 15) is 4.79 Å². The Morgan fingerprint density at radius 1 is 1.29 bits per heavy atom. The number of aryl methyl sites for hydroxylation is 1. The summed E-state index contributed by atoms with van der Waals surface area (Å²) in [6.07, 6.45) is 0.351. The zero-order valence-electron chi connectivity index (χ0n) is 14.0. The second-order valence-corrected chi connectivity index (χ2v) is 6.99. The lowest BCUT2D eigenvalue weighted by Crippen LogP contribution is -2.46. The Balaban J connectivity index is 1.45. The van der Waals surface area contributed by atoms with Gasteiger partial charge in [0.2, 0.25) is 5.91 Å². The summed E-state index contributed by atoms with van der Waals surface area (Å²) in [7, 11) is 0. The van der Waals surface area contributed by atoms with Gasteiger partial charge in [-0.15, -0.1) is 11.3 Å². The van der Waals surface area contributed by atoms with Gasteiger partial charge < -0.3 is 10.6 Å². The van der Waals surface area contributed by atoms with Crippen LogP contribution in [-0.2, 0) is 11.2 Å². The fraction of sp³-hybridized carbons (Fsp3) is 0.444. The first-order chi connectivity index (χ1) is 11.7. The Kier molecular flexibility index (Phi) is 5.96. The molecule has 0 aliphatic carbocycles. The van der Waals surface area contributed by atoms with Gasteiger partial charge in [-0.2, -0.15) is 0 Å². The number of rotatable bonds is 6. The van der Waals surface area contributed by atoms with Gasteiger partial charge in [-0.25, -0.2) is 4.98 Å². The van der Waals surface area contributed by atoms with Crippen molar-refractivity contribution in [2.75, 3.05) is 39.3 Å². The number of amides is 1. The van der Waals surface area contributed by atoms with E-state index < -0.39 is 0 Å². The highest BCUT2D eigenvalue weighted by Crippen LogP contribution is 2.24. The van der Waals surface area contributed by atoms with E-state index in [1.165, 1.54) is 5.56 Å². The summed E-state index contributed by atoms with van der Waals surface area (Å²) in [5, 5.41) is 9.28. The molecule has 0 unspecified atom stereocenters. The average Bonchev–Trinajstić information content (AvgIpc) is 3.05. The number of aromatic nitrogens is 1. The lowest BCUT2D eigenvalue weighted by molar-refractivity contribution is -0.120. The van der Waals surface area contributed by atoms with Crippen molar-refractivity contribution in [2.24, 2.45) is 0 Å². The van der Waals surface area contributed by atoms with Gasteiger partial charge in [-0.05, 0) is 6.92 Å². The Bertz CT molecular complexity index is 662. The van der Waals surface area contributed by atoms with Gasteiger partial charge in [0, 0.05) is 50.2 Å². The molecule has 24 heavy (non-hydrogen) atoms. The molecule has 0 bridgehead atoms. The Hall–Kier alpha value is -1.76. The summed E-state index contributed by atoms with van der Waals surface area (Å²) in [4.78, 5) is 19.0. The minimum absolute atomic E-state index is 0.0471. The van der Waals surface area contributed by atoms with Crippen LogP contribution in [0.1, 0.15) is 11.3 Å². The van der Waals surface area contributed by atoms with Gasteiger partial charge in [-0.3, -0.25) is 9.69 Å². The number of carbonyl (C=O) groups excluding carboxylic acids is 1. The van der Waals surface area contributed by atoms with Crippen LogP contribution in [0.15, 0.2) is 29.6 Å². The molecule has 1 fully saturated rings. The largest absolute Gasteiger partial charge is 0.354 e. The number of hydrogen-bond acceptors (Lipinski definition) is 5. The summed E-state index contributed by atoms with van der Waals surface area (Å²) in [5.41, 5.74) is 3.19. The molecular formula is C18H24N4OS. The molecule has 5 nitrogen and oxygen atoms in total. The SMILES string of the molecule is Cc1ccc(-c2nc(CC(=O)NCCN3CCNCC3)cs2)cc1. The highest BCUT2D eigenvalue weighted by atomic mass is 32.1. The Morgan fingerprint density at radius 2 is 2.04 bits per heavy atom. The molecule has 0 spiro atoms. The summed E-state index contributed by atoms with van der Waals surface area (Å²) in [6.45, 7) is 7.88. The van der Waals surface area contributed by atoms with E-state index in [-0.39, 0.29) is 5.91 Å². The molecule has 1 aliphatic rings. The molecule has 2 aromatic rings. The molecule has 2 heterocycles. The van der Waals surface area contributed by atoms with Crippen LogP contribution in [-0.4, -0.2) is 55.1 Å². The minimum atomic E-state index is 0.0471. The normalized spacial score (nSPS) is 15.4. The molecular weight excluding hydrogens is 320 g/mol. The minimum Gasteiger partial charge on any atom is -0.354 e. The smallest absolute Gasteiger partial charge is 0.226 e. The molecule has 0 atom stereocenters. The molecule has 128 valence electrons. The predicted molar refractivity (Wildman–Crippen MR) is 98.3 cm³/mol. The van der Waals surface area contributed by atoms with Crippen LogP contribution < -0.4 is 10.6 Å². The van der Waals surface area contributed by atoms with Crippen LogP contribution >= 0.6 is 11.3 Å². The van der Waals surface area contributed by atoms with Crippen molar-refractivity contribution >= 4 is 17.2 Å². The first kappa shape index (κ1) is 17.1. The quantitative estimate of drug-likeness (QED) is 0.837. The number of hydrogen-bond donors (Lipinski definition) is 2. The average molecular weight is 344 g/mol. The van der Waals surface area contributed by atoms with E-state index in [2.05, 4.69) is 51.7 Å². The molecule has 0 radical (unpaired) electrons. The number of thiazole rings is 1. The highest BCUT2D eigenvalue weighted by Gasteiger charge is 2.11. The van der Waals surface area contributed by atoms with Crippen molar-refractivity contribution in [1.29, 1.82) is 0 Å². The third-order valence-corrected chi connectivity index (χ3v) is 5.09. The van der Waals surface area contributed by atoms with Crippen LogP contribution in [0.5, 0.6) is 0 Å². The Labute approximate surface area is 147 Å². The van der Waals surface area contributed by atoms with E-state index in [1.54, 1.807) is 11.3 Å². The molecule has 1 amide bonds. The third-order valence-electron chi connectivity index (χ3n) is 4.15. The van der Waals surface area contributed by atoms with E-state index >= 15 is 0 Å². The van der Waals surface area contributed by atoms with Gasteiger partial charge in [0.05, 0.1) is 12.1 Å². The van der Waals surface area contributed by atoms with E-state index in [0.717, 1.165) is 49.0 Å². The van der Waals surface area contributed by atoms with Crippen LogP contribution in [0.25, 0.3) is 10.6 Å². The molecule has 1 saturated heterocycles. The second kappa shape index (κ2) is 8.37. The number of nitrogens with zero attached hydrogens (tertiary/aromatic N) is 2. The van der Waals surface area contributed by atoms with Crippen LogP contribution in [0.4, 0.5) is 0 Å². The van der Waals surface area contributed by atoms with Crippen LogP contribution in [0.2, 0.25) is 0 Å². The topological polar surface area (TPSA) is 57.3 Å². The maximum absolute atomic E-state index is 12.1. The molecule has 1 aromatic heterocycles. The van der Waals surface area contributed by atoms with Crippen LogP contribution in [0, 0.1) is 6.92 Å². The lowest BCUT2D eigenvalue weighted by Gasteiger charge is -2.27. The van der Waals surface area contributed by atoms with Crippen molar-refractivity contribution in [3.8, 4) is 10.6 Å². The number of carbonyl (C=O) groups is 1. The van der Waals surface area contributed by atoms with Crippen molar-refractivity contribution in [3.05, 3.63) is 40.9 Å². The summed E-state index contributed by atoms with van der Waals surface area (Å²) < 4.78 is 0. The fourth-order valence-corrected chi connectivity index (χ4v) is 3.56. The second-order valence-electron chi connectivity index (χ2n) is 6.13. The standard InChI is InChI=1S/C18H24N4OS/c1-14-2-4-15(5-3-14)18-21-16(13-24-18)12-17(23)20-8-11-22-9-6-19-7-10-22/h2-5,13,19H,6-12H2,1H3,(H,20,23). The zero-order chi connectivity index (χ0) is 16.8.